The van der Waals surface area contributed by atoms with E-state index in [0.717, 1.165) is 23.3 Å². The van der Waals surface area contributed by atoms with Crippen LogP contribution >= 0.6 is 0 Å². The lowest BCUT2D eigenvalue weighted by atomic mass is 9.58. The van der Waals surface area contributed by atoms with Crippen molar-refractivity contribution in [1.29, 1.82) is 0 Å². The van der Waals surface area contributed by atoms with Crippen molar-refractivity contribution in [3.63, 3.8) is 0 Å². The van der Waals surface area contributed by atoms with Gasteiger partial charge in [0, 0.05) is 0 Å². The summed E-state index contributed by atoms with van der Waals surface area (Å²) in [5.74, 6) is 3.85. The molecular formula is C5H14B4. The standard InChI is InChI=1S/C5H14B4/c6-2-1-3(7)5(9)4(2)8/h2-5H,1,6-9H2. The molecule has 0 aromatic heterocycles. The summed E-state index contributed by atoms with van der Waals surface area (Å²) in [5.41, 5.74) is 0. The van der Waals surface area contributed by atoms with E-state index in [9.17, 15) is 0 Å². The summed E-state index contributed by atoms with van der Waals surface area (Å²) in [6, 6.07) is 0. The van der Waals surface area contributed by atoms with E-state index in [4.69, 9.17) is 0 Å². The lowest BCUT2D eigenvalue weighted by molar-refractivity contribution is 0.871. The minimum absolute atomic E-state index is 0.958. The molecule has 0 aliphatic heterocycles. The summed E-state index contributed by atoms with van der Waals surface area (Å²) in [6.45, 7) is 0. The molecule has 4 unspecified atom stereocenters. The maximum atomic E-state index is 2.39. The maximum absolute atomic E-state index is 2.39. The van der Waals surface area contributed by atoms with Gasteiger partial charge >= 0.3 is 0 Å². The molecule has 0 aromatic rings. The molecule has 0 nitrogen and oxygen atoms in total. The Bertz CT molecular complexity index is 93.1. The van der Waals surface area contributed by atoms with E-state index in [1.54, 1.807) is 0 Å². The van der Waals surface area contributed by atoms with Gasteiger partial charge in [0.2, 0.25) is 0 Å². The van der Waals surface area contributed by atoms with Crippen LogP contribution in [0.3, 0.4) is 0 Å². The van der Waals surface area contributed by atoms with Crippen LogP contribution in [0.5, 0.6) is 0 Å². The SMILES string of the molecule is BC1CC(B)C(B)C1B. The molecule has 0 amide bonds. The third kappa shape index (κ3) is 1.22. The van der Waals surface area contributed by atoms with Gasteiger partial charge in [-0.1, -0.05) is 29.7 Å². The van der Waals surface area contributed by atoms with Crippen molar-refractivity contribution < 1.29 is 0 Å². The summed E-state index contributed by atoms with van der Waals surface area (Å²) >= 11 is 0. The molecule has 0 bridgehead atoms. The largest absolute Gasteiger partial charge is 0.104 e. The van der Waals surface area contributed by atoms with Crippen LogP contribution in [0, 0.1) is 0 Å². The van der Waals surface area contributed by atoms with Gasteiger partial charge in [-0.25, -0.2) is 0 Å². The molecule has 0 saturated heterocycles. The van der Waals surface area contributed by atoms with E-state index in [2.05, 4.69) is 31.4 Å². The van der Waals surface area contributed by atoms with Gasteiger partial charge in [-0.3, -0.25) is 0 Å². The van der Waals surface area contributed by atoms with Crippen molar-refractivity contribution in [2.75, 3.05) is 0 Å². The molecule has 1 aliphatic rings. The molecule has 46 valence electrons. The van der Waals surface area contributed by atoms with Gasteiger partial charge in [0.1, 0.15) is 31.4 Å². The van der Waals surface area contributed by atoms with Gasteiger partial charge in [0.25, 0.3) is 0 Å². The van der Waals surface area contributed by atoms with Gasteiger partial charge in [0.05, 0.1) is 0 Å². The molecule has 1 aliphatic carbocycles. The minimum Gasteiger partial charge on any atom is -0.0785 e. The van der Waals surface area contributed by atoms with E-state index in [1.165, 1.54) is 6.42 Å². The zero-order valence-corrected chi connectivity index (χ0v) is 7.02. The molecule has 0 N–H and O–H groups in total. The van der Waals surface area contributed by atoms with Crippen molar-refractivity contribution in [1.82, 2.24) is 0 Å². The van der Waals surface area contributed by atoms with Crippen molar-refractivity contribution in [2.24, 2.45) is 0 Å². The van der Waals surface area contributed by atoms with Crippen LogP contribution in [-0.4, -0.2) is 31.4 Å². The summed E-state index contributed by atoms with van der Waals surface area (Å²) < 4.78 is 0. The Morgan fingerprint density at radius 1 is 0.778 bits per heavy atom. The van der Waals surface area contributed by atoms with Crippen LogP contribution in [0.25, 0.3) is 0 Å². The molecule has 0 aromatic carbocycles. The van der Waals surface area contributed by atoms with Gasteiger partial charge in [0.15, 0.2) is 0 Å². The number of hydrogen-bond acceptors (Lipinski definition) is 0. The topological polar surface area (TPSA) is 0 Å². The molecule has 0 heterocycles. The van der Waals surface area contributed by atoms with Crippen molar-refractivity contribution >= 4 is 31.4 Å². The monoisotopic (exact) mass is 118 g/mol. The maximum Gasteiger partial charge on any atom is 0.104 e. The molecule has 4 heteroatoms. The quantitative estimate of drug-likeness (QED) is 0.325. The van der Waals surface area contributed by atoms with Crippen LogP contribution in [0.4, 0.5) is 0 Å². The highest BCUT2D eigenvalue weighted by atomic mass is 14.3. The van der Waals surface area contributed by atoms with Crippen molar-refractivity contribution in [2.45, 2.75) is 29.7 Å². The normalized spacial score (nSPS) is 51.6. The molecular weight excluding hydrogens is 103 g/mol. The Kier molecular flexibility index (Phi) is 2.03. The van der Waals surface area contributed by atoms with Crippen LogP contribution in [0.2, 0.25) is 23.3 Å². The number of hydrogen-bond donors (Lipinski definition) is 0. The van der Waals surface area contributed by atoms with Crippen LogP contribution in [0.1, 0.15) is 6.42 Å². The Morgan fingerprint density at radius 3 is 1.22 bits per heavy atom. The lowest BCUT2D eigenvalue weighted by Gasteiger charge is -2.14. The first-order valence-electron chi connectivity index (χ1n) is 4.13. The third-order valence-electron chi connectivity index (χ3n) is 3.37. The first-order valence-corrected chi connectivity index (χ1v) is 4.13. The van der Waals surface area contributed by atoms with E-state index >= 15 is 0 Å². The van der Waals surface area contributed by atoms with Crippen LogP contribution in [0.15, 0.2) is 0 Å². The third-order valence-corrected chi connectivity index (χ3v) is 3.37. The van der Waals surface area contributed by atoms with Crippen molar-refractivity contribution in [3.05, 3.63) is 0 Å². The van der Waals surface area contributed by atoms with E-state index in [-0.39, 0.29) is 0 Å². The van der Waals surface area contributed by atoms with Crippen LogP contribution in [-0.2, 0) is 0 Å². The first kappa shape index (κ1) is 7.37. The Hall–Kier alpha value is 0.260. The predicted octanol–water partition coefficient (Wildman–Crippen LogP) is -1.92. The van der Waals surface area contributed by atoms with Gasteiger partial charge in [-0.05, 0) is 0 Å². The van der Waals surface area contributed by atoms with E-state index < -0.39 is 0 Å². The Morgan fingerprint density at radius 2 is 1.11 bits per heavy atom. The lowest BCUT2D eigenvalue weighted by Crippen LogP contribution is -2.01. The first-order chi connectivity index (χ1) is 4.13. The zero-order valence-electron chi connectivity index (χ0n) is 7.02. The smallest absolute Gasteiger partial charge is 0.0785 e. The molecule has 1 rings (SSSR count). The summed E-state index contributed by atoms with van der Waals surface area (Å²) in [5, 5.41) is 0. The minimum atomic E-state index is 0.958. The highest BCUT2D eigenvalue weighted by Gasteiger charge is 2.31. The van der Waals surface area contributed by atoms with Crippen molar-refractivity contribution in [3.8, 4) is 0 Å². The molecule has 1 fully saturated rings. The molecule has 0 radical (unpaired) electrons. The molecule has 9 heavy (non-hydrogen) atoms. The second-order valence-electron chi connectivity index (χ2n) is 3.91. The van der Waals surface area contributed by atoms with Crippen LogP contribution < -0.4 is 0 Å². The second kappa shape index (κ2) is 2.48. The highest BCUT2D eigenvalue weighted by molar-refractivity contribution is 6.31. The predicted molar refractivity (Wildman–Crippen MR) is 53.8 cm³/mol. The van der Waals surface area contributed by atoms with E-state index in [1.807, 2.05) is 0 Å². The fraction of sp³-hybridized carbons (Fsp3) is 1.00. The van der Waals surface area contributed by atoms with E-state index in [0.29, 0.717) is 0 Å². The summed E-state index contributed by atoms with van der Waals surface area (Å²) in [6.07, 6.45) is 1.45. The fourth-order valence-corrected chi connectivity index (χ4v) is 2.05. The number of rotatable bonds is 0. The Labute approximate surface area is 61.8 Å². The second-order valence-corrected chi connectivity index (χ2v) is 3.91. The highest BCUT2D eigenvalue weighted by Crippen LogP contribution is 2.50. The average Bonchev–Trinajstić information content (AvgIpc) is 1.98. The summed E-state index contributed by atoms with van der Waals surface area (Å²) in [7, 11) is 9.53. The fourth-order valence-electron chi connectivity index (χ4n) is 2.05. The Balaban J connectivity index is 2.54. The van der Waals surface area contributed by atoms with Gasteiger partial charge in [-0.15, -0.1) is 0 Å². The molecule has 1 saturated carbocycles. The summed E-state index contributed by atoms with van der Waals surface area (Å²) in [4.78, 5) is 0. The van der Waals surface area contributed by atoms with Gasteiger partial charge < -0.3 is 0 Å². The average molecular weight is 117 g/mol. The zero-order chi connectivity index (χ0) is 7.02. The molecule has 0 spiro atoms. The van der Waals surface area contributed by atoms with Gasteiger partial charge in [-0.2, -0.15) is 0 Å². The molecule has 4 atom stereocenters.